The molecule has 1 aromatic carbocycles. The summed E-state index contributed by atoms with van der Waals surface area (Å²) in [7, 11) is 0. The molecule has 1 atom stereocenters. The minimum absolute atomic E-state index is 0.0248. The van der Waals surface area contributed by atoms with Crippen molar-refractivity contribution in [3.8, 4) is 0 Å². The Hall–Kier alpha value is -1.91. The maximum absolute atomic E-state index is 11.3. The van der Waals surface area contributed by atoms with Gasteiger partial charge in [0.05, 0.1) is 4.92 Å². The van der Waals surface area contributed by atoms with E-state index in [4.69, 9.17) is 0 Å². The van der Waals surface area contributed by atoms with E-state index in [9.17, 15) is 14.9 Å². The van der Waals surface area contributed by atoms with Crippen LogP contribution in [0.25, 0.3) is 0 Å². The topological polar surface area (TPSA) is 63.5 Å². The average Bonchev–Trinajstić information content (AvgIpc) is 2.74. The van der Waals surface area contributed by atoms with Crippen molar-refractivity contribution in [3.63, 3.8) is 0 Å². The van der Waals surface area contributed by atoms with Gasteiger partial charge in [-0.3, -0.25) is 14.9 Å². The van der Waals surface area contributed by atoms with Crippen LogP contribution in [0.15, 0.2) is 18.2 Å². The molecule has 5 nitrogen and oxygen atoms in total. The second-order valence-corrected chi connectivity index (χ2v) is 4.86. The van der Waals surface area contributed by atoms with E-state index in [2.05, 4.69) is 6.92 Å². The minimum Gasteiger partial charge on any atom is -0.366 e. The van der Waals surface area contributed by atoms with Gasteiger partial charge in [-0.05, 0) is 31.4 Å². The number of hydrogen-bond donors (Lipinski definition) is 0. The highest BCUT2D eigenvalue weighted by Crippen LogP contribution is 2.32. The van der Waals surface area contributed by atoms with Crippen molar-refractivity contribution in [3.05, 3.63) is 33.9 Å². The lowest BCUT2D eigenvalue weighted by Gasteiger charge is -2.18. The first kappa shape index (κ1) is 12.5. The maximum atomic E-state index is 11.3. The average molecular weight is 248 g/mol. The molecule has 0 radical (unpaired) electrons. The Labute approximate surface area is 106 Å². The van der Waals surface area contributed by atoms with Gasteiger partial charge in [-0.25, -0.2) is 0 Å². The summed E-state index contributed by atoms with van der Waals surface area (Å²) in [6.07, 6.45) is 1.05. The molecule has 0 aliphatic carbocycles. The summed E-state index contributed by atoms with van der Waals surface area (Å²) < 4.78 is 0. The highest BCUT2D eigenvalue weighted by molar-refractivity contribution is 5.95. The molecule has 0 N–H and O–H groups in total. The van der Waals surface area contributed by atoms with Gasteiger partial charge in [0, 0.05) is 24.7 Å². The van der Waals surface area contributed by atoms with E-state index < -0.39 is 4.92 Å². The Morgan fingerprint density at radius 2 is 2.22 bits per heavy atom. The fraction of sp³-hybridized carbons (Fsp3) is 0.462. The smallest absolute Gasteiger partial charge is 0.293 e. The molecule has 0 amide bonds. The Balaban J connectivity index is 2.41. The molecule has 1 unspecified atom stereocenters. The molecule has 2 rings (SSSR count). The second-order valence-electron chi connectivity index (χ2n) is 4.86. The summed E-state index contributed by atoms with van der Waals surface area (Å²) >= 11 is 0. The third kappa shape index (κ3) is 2.34. The van der Waals surface area contributed by atoms with Crippen LogP contribution in [0.5, 0.6) is 0 Å². The van der Waals surface area contributed by atoms with Crippen molar-refractivity contribution < 1.29 is 9.72 Å². The third-order valence-electron chi connectivity index (χ3n) is 3.34. The van der Waals surface area contributed by atoms with E-state index >= 15 is 0 Å². The predicted molar refractivity (Wildman–Crippen MR) is 69.1 cm³/mol. The molecule has 1 heterocycles. The van der Waals surface area contributed by atoms with Crippen LogP contribution in [0.2, 0.25) is 0 Å². The Morgan fingerprint density at radius 3 is 2.72 bits per heavy atom. The number of Topliss-reactive ketones (excluding diaryl/α,β-unsaturated/α-hetero) is 1. The number of carbonyl (C=O) groups is 1. The lowest BCUT2D eigenvalue weighted by Crippen LogP contribution is -2.20. The van der Waals surface area contributed by atoms with Gasteiger partial charge in [-0.2, -0.15) is 0 Å². The Bertz CT molecular complexity index is 499. The zero-order chi connectivity index (χ0) is 13.3. The number of benzene rings is 1. The number of hydrogen-bond acceptors (Lipinski definition) is 4. The minimum atomic E-state index is -0.412. The zero-order valence-corrected chi connectivity index (χ0v) is 10.5. The lowest BCUT2D eigenvalue weighted by atomic mass is 10.1. The molecule has 1 fully saturated rings. The maximum Gasteiger partial charge on any atom is 0.293 e. The summed E-state index contributed by atoms with van der Waals surface area (Å²) in [6.45, 7) is 5.22. The van der Waals surface area contributed by atoms with Gasteiger partial charge in [0.2, 0.25) is 0 Å². The van der Waals surface area contributed by atoms with Crippen molar-refractivity contribution in [1.82, 2.24) is 0 Å². The molecule has 1 aliphatic heterocycles. The normalized spacial score (nSPS) is 19.0. The monoisotopic (exact) mass is 248 g/mol. The van der Waals surface area contributed by atoms with Crippen molar-refractivity contribution in [2.75, 3.05) is 18.0 Å². The van der Waals surface area contributed by atoms with E-state index in [0.29, 0.717) is 17.2 Å². The molecule has 1 saturated heterocycles. The molecule has 5 heteroatoms. The number of nitro groups is 1. The largest absolute Gasteiger partial charge is 0.366 e. The zero-order valence-electron chi connectivity index (χ0n) is 10.5. The molecule has 1 aromatic rings. The van der Waals surface area contributed by atoms with Crippen molar-refractivity contribution >= 4 is 17.2 Å². The molecule has 18 heavy (non-hydrogen) atoms. The SMILES string of the molecule is CC(=O)c1ccc(N2CCC(C)C2)c([N+](=O)[O-])c1. The van der Waals surface area contributed by atoms with Crippen molar-refractivity contribution in [2.45, 2.75) is 20.3 Å². The fourth-order valence-electron chi connectivity index (χ4n) is 2.31. The van der Waals surface area contributed by atoms with Crippen molar-refractivity contribution in [1.29, 1.82) is 0 Å². The van der Waals surface area contributed by atoms with Crippen LogP contribution in [0.3, 0.4) is 0 Å². The van der Waals surface area contributed by atoms with Crippen LogP contribution in [-0.2, 0) is 0 Å². The summed E-state index contributed by atoms with van der Waals surface area (Å²) in [4.78, 5) is 24.0. The van der Waals surface area contributed by atoms with Crippen LogP contribution in [0.1, 0.15) is 30.6 Å². The number of rotatable bonds is 3. The van der Waals surface area contributed by atoms with Gasteiger partial charge in [-0.1, -0.05) is 6.92 Å². The van der Waals surface area contributed by atoms with E-state index in [0.717, 1.165) is 19.5 Å². The molecule has 96 valence electrons. The van der Waals surface area contributed by atoms with E-state index in [1.165, 1.54) is 13.0 Å². The second kappa shape index (κ2) is 4.76. The van der Waals surface area contributed by atoms with Gasteiger partial charge in [-0.15, -0.1) is 0 Å². The van der Waals surface area contributed by atoms with Crippen LogP contribution in [0, 0.1) is 16.0 Å². The van der Waals surface area contributed by atoms with Crippen LogP contribution in [0.4, 0.5) is 11.4 Å². The lowest BCUT2D eigenvalue weighted by molar-refractivity contribution is -0.384. The molecule has 0 spiro atoms. The van der Waals surface area contributed by atoms with E-state index in [1.54, 1.807) is 12.1 Å². The van der Waals surface area contributed by atoms with E-state index in [-0.39, 0.29) is 11.5 Å². The first-order chi connectivity index (χ1) is 8.49. The first-order valence-corrected chi connectivity index (χ1v) is 6.03. The highest BCUT2D eigenvalue weighted by Gasteiger charge is 2.26. The fourth-order valence-corrected chi connectivity index (χ4v) is 2.31. The number of ketones is 1. The summed E-state index contributed by atoms with van der Waals surface area (Å²) in [5.41, 5.74) is 1.03. The van der Waals surface area contributed by atoms with Crippen molar-refractivity contribution in [2.24, 2.45) is 5.92 Å². The molecule has 1 aliphatic rings. The van der Waals surface area contributed by atoms with Gasteiger partial charge in [0.25, 0.3) is 5.69 Å². The number of carbonyl (C=O) groups excluding carboxylic acids is 1. The third-order valence-corrected chi connectivity index (χ3v) is 3.34. The number of nitrogens with zero attached hydrogens (tertiary/aromatic N) is 2. The van der Waals surface area contributed by atoms with Crippen LogP contribution in [-0.4, -0.2) is 23.8 Å². The van der Waals surface area contributed by atoms with E-state index in [1.807, 2.05) is 4.90 Å². The molecule has 0 bridgehead atoms. The first-order valence-electron chi connectivity index (χ1n) is 6.03. The quantitative estimate of drug-likeness (QED) is 0.468. The van der Waals surface area contributed by atoms with Crippen LogP contribution >= 0.6 is 0 Å². The van der Waals surface area contributed by atoms with Gasteiger partial charge in [0.15, 0.2) is 5.78 Å². The highest BCUT2D eigenvalue weighted by atomic mass is 16.6. The molecular weight excluding hydrogens is 232 g/mol. The number of nitro benzene ring substituents is 1. The van der Waals surface area contributed by atoms with Gasteiger partial charge in [0.1, 0.15) is 5.69 Å². The predicted octanol–water partition coefficient (Wildman–Crippen LogP) is 2.64. The summed E-state index contributed by atoms with van der Waals surface area (Å²) in [5, 5.41) is 11.1. The summed E-state index contributed by atoms with van der Waals surface area (Å²) in [5.74, 6) is 0.400. The Kier molecular flexibility index (Phi) is 3.32. The molecule has 0 saturated carbocycles. The molecular formula is C13H16N2O3. The molecule has 0 aromatic heterocycles. The van der Waals surface area contributed by atoms with Crippen LogP contribution < -0.4 is 4.90 Å². The van der Waals surface area contributed by atoms with Gasteiger partial charge < -0.3 is 4.90 Å². The number of anilines is 1. The summed E-state index contributed by atoms with van der Waals surface area (Å²) in [6, 6.07) is 4.72. The Morgan fingerprint density at radius 1 is 1.50 bits per heavy atom. The van der Waals surface area contributed by atoms with Gasteiger partial charge >= 0.3 is 0 Å². The standard InChI is InChI=1S/C13H16N2O3/c1-9-5-6-14(8-9)12-4-3-11(10(2)16)7-13(12)15(17)18/h3-4,7,9H,5-6,8H2,1-2H3.